The molecule has 2 nitrogen and oxygen atoms in total. The Labute approximate surface area is 103 Å². The van der Waals surface area contributed by atoms with Gasteiger partial charge in [-0.25, -0.2) is 4.98 Å². The quantitative estimate of drug-likeness (QED) is 0.789. The van der Waals surface area contributed by atoms with Crippen LogP contribution in [0, 0.1) is 17.3 Å². The molecule has 0 radical (unpaired) electrons. The van der Waals surface area contributed by atoms with E-state index in [1.54, 1.807) is 6.07 Å². The van der Waals surface area contributed by atoms with Gasteiger partial charge in [0.2, 0.25) is 5.95 Å². The van der Waals surface area contributed by atoms with Crippen molar-refractivity contribution < 1.29 is 4.39 Å². The van der Waals surface area contributed by atoms with Crippen LogP contribution in [-0.2, 0) is 0 Å². The Morgan fingerprint density at radius 2 is 2.12 bits per heavy atom. The first-order chi connectivity index (χ1) is 7.94. The molecule has 2 unspecified atom stereocenters. The summed E-state index contributed by atoms with van der Waals surface area (Å²) in [6, 6.07) is 5.30. The second kappa shape index (κ2) is 4.63. The number of hydrogen-bond acceptors (Lipinski definition) is 2. The van der Waals surface area contributed by atoms with Crippen molar-refractivity contribution in [1.29, 1.82) is 0 Å². The lowest BCUT2D eigenvalue weighted by molar-refractivity contribution is 0.177. The summed E-state index contributed by atoms with van der Waals surface area (Å²) < 4.78 is 13.0. The van der Waals surface area contributed by atoms with Crippen molar-refractivity contribution in [3.63, 3.8) is 0 Å². The van der Waals surface area contributed by atoms with E-state index in [2.05, 4.69) is 31.1 Å². The minimum atomic E-state index is -0.418. The lowest BCUT2D eigenvalue weighted by atomic mass is 9.70. The van der Waals surface area contributed by atoms with E-state index in [1.807, 2.05) is 6.07 Å². The Hall–Kier alpha value is -1.12. The van der Waals surface area contributed by atoms with Gasteiger partial charge in [-0.3, -0.25) is 0 Å². The third-order valence-electron chi connectivity index (χ3n) is 3.45. The SMILES string of the molecule is CC1CC(Nc2cccc(F)n2)CC(C)(C)C1. The second-order valence-corrected chi connectivity index (χ2v) is 6.10. The van der Waals surface area contributed by atoms with Gasteiger partial charge in [-0.15, -0.1) is 0 Å². The number of anilines is 1. The van der Waals surface area contributed by atoms with Gasteiger partial charge in [0.1, 0.15) is 5.82 Å². The molecular formula is C14H21FN2. The molecule has 2 atom stereocenters. The summed E-state index contributed by atoms with van der Waals surface area (Å²) in [5, 5.41) is 3.36. The maximum absolute atomic E-state index is 13.0. The first kappa shape index (κ1) is 12.3. The number of rotatable bonds is 2. The van der Waals surface area contributed by atoms with Crippen LogP contribution in [0.25, 0.3) is 0 Å². The molecule has 1 N–H and O–H groups in total. The third kappa shape index (κ3) is 3.42. The molecule has 0 aromatic carbocycles. The highest BCUT2D eigenvalue weighted by Gasteiger charge is 2.31. The molecule has 1 fully saturated rings. The summed E-state index contributed by atoms with van der Waals surface area (Å²) in [4.78, 5) is 3.86. The van der Waals surface area contributed by atoms with Crippen LogP contribution < -0.4 is 5.32 Å². The van der Waals surface area contributed by atoms with Gasteiger partial charge in [0.25, 0.3) is 0 Å². The summed E-state index contributed by atoms with van der Waals surface area (Å²) in [6.07, 6.45) is 3.53. The maximum Gasteiger partial charge on any atom is 0.214 e. The molecule has 1 aliphatic rings. The van der Waals surface area contributed by atoms with Crippen molar-refractivity contribution in [2.24, 2.45) is 11.3 Å². The van der Waals surface area contributed by atoms with E-state index in [0.29, 0.717) is 23.2 Å². The largest absolute Gasteiger partial charge is 0.367 e. The summed E-state index contributed by atoms with van der Waals surface area (Å²) in [5.41, 5.74) is 0.364. The van der Waals surface area contributed by atoms with Crippen molar-refractivity contribution in [2.75, 3.05) is 5.32 Å². The molecule has 0 saturated heterocycles. The van der Waals surface area contributed by atoms with Crippen LogP contribution in [0.2, 0.25) is 0 Å². The zero-order valence-electron chi connectivity index (χ0n) is 10.8. The number of hydrogen-bond donors (Lipinski definition) is 1. The monoisotopic (exact) mass is 236 g/mol. The van der Waals surface area contributed by atoms with Crippen molar-refractivity contribution in [2.45, 2.75) is 46.1 Å². The van der Waals surface area contributed by atoms with Gasteiger partial charge >= 0.3 is 0 Å². The van der Waals surface area contributed by atoms with Crippen LogP contribution >= 0.6 is 0 Å². The molecule has 0 spiro atoms. The molecule has 3 heteroatoms. The van der Waals surface area contributed by atoms with E-state index >= 15 is 0 Å². The van der Waals surface area contributed by atoms with E-state index in [4.69, 9.17) is 0 Å². The Bertz CT molecular complexity index is 390. The zero-order valence-corrected chi connectivity index (χ0v) is 10.8. The number of nitrogens with zero attached hydrogens (tertiary/aromatic N) is 1. The molecule has 1 aromatic rings. The van der Waals surface area contributed by atoms with Crippen molar-refractivity contribution in [3.05, 3.63) is 24.1 Å². The fourth-order valence-corrected chi connectivity index (χ4v) is 3.15. The first-order valence-corrected chi connectivity index (χ1v) is 6.34. The molecule has 0 amide bonds. The zero-order chi connectivity index (χ0) is 12.5. The summed E-state index contributed by atoms with van der Waals surface area (Å²) in [6.45, 7) is 6.89. The van der Waals surface area contributed by atoms with Crippen LogP contribution in [0.1, 0.15) is 40.0 Å². The number of aromatic nitrogens is 1. The highest BCUT2D eigenvalue weighted by Crippen LogP contribution is 2.39. The van der Waals surface area contributed by atoms with Gasteiger partial charge in [-0.1, -0.05) is 26.8 Å². The Kier molecular flexibility index (Phi) is 3.36. The molecule has 2 rings (SSSR count). The fraction of sp³-hybridized carbons (Fsp3) is 0.643. The lowest BCUT2D eigenvalue weighted by Gasteiger charge is -2.39. The summed E-state index contributed by atoms with van der Waals surface area (Å²) in [7, 11) is 0. The van der Waals surface area contributed by atoms with E-state index in [-0.39, 0.29) is 0 Å². The third-order valence-corrected chi connectivity index (χ3v) is 3.45. The molecule has 0 aliphatic heterocycles. The van der Waals surface area contributed by atoms with E-state index in [1.165, 1.54) is 12.5 Å². The molecule has 17 heavy (non-hydrogen) atoms. The van der Waals surface area contributed by atoms with Gasteiger partial charge in [-0.05, 0) is 42.7 Å². The summed E-state index contributed by atoms with van der Waals surface area (Å²) >= 11 is 0. The fourth-order valence-electron chi connectivity index (χ4n) is 3.15. The van der Waals surface area contributed by atoms with Gasteiger partial charge < -0.3 is 5.32 Å². The maximum atomic E-state index is 13.0. The Morgan fingerprint density at radius 3 is 2.76 bits per heavy atom. The minimum absolute atomic E-state index is 0.364. The van der Waals surface area contributed by atoms with Crippen LogP contribution in [0.3, 0.4) is 0 Å². The predicted octanol–water partition coefficient (Wildman–Crippen LogP) is 3.85. The normalized spacial score (nSPS) is 27.8. The topological polar surface area (TPSA) is 24.9 Å². The molecule has 1 aliphatic carbocycles. The average molecular weight is 236 g/mol. The summed E-state index contributed by atoms with van der Waals surface area (Å²) in [5.74, 6) is 0.947. The molecular weight excluding hydrogens is 215 g/mol. The van der Waals surface area contributed by atoms with E-state index in [0.717, 1.165) is 12.8 Å². The number of nitrogens with one attached hydrogen (secondary N) is 1. The molecule has 0 bridgehead atoms. The molecule has 94 valence electrons. The molecule has 1 saturated carbocycles. The van der Waals surface area contributed by atoms with E-state index < -0.39 is 5.95 Å². The van der Waals surface area contributed by atoms with E-state index in [9.17, 15) is 4.39 Å². The van der Waals surface area contributed by atoms with Crippen LogP contribution in [0.15, 0.2) is 18.2 Å². The van der Waals surface area contributed by atoms with Crippen molar-refractivity contribution in [1.82, 2.24) is 4.98 Å². The van der Waals surface area contributed by atoms with Crippen LogP contribution in [0.5, 0.6) is 0 Å². The minimum Gasteiger partial charge on any atom is -0.367 e. The average Bonchev–Trinajstić information content (AvgIpc) is 2.13. The van der Waals surface area contributed by atoms with Crippen molar-refractivity contribution >= 4 is 5.82 Å². The van der Waals surface area contributed by atoms with Gasteiger partial charge in [0.05, 0.1) is 0 Å². The highest BCUT2D eigenvalue weighted by atomic mass is 19.1. The standard InChI is InChI=1S/C14H21FN2/c1-10-7-11(9-14(2,3)8-10)16-13-6-4-5-12(15)17-13/h4-6,10-11H,7-9H2,1-3H3,(H,16,17). The van der Waals surface area contributed by atoms with Gasteiger partial charge in [0.15, 0.2) is 0 Å². The Balaban J connectivity index is 2.03. The molecule has 1 heterocycles. The lowest BCUT2D eigenvalue weighted by Crippen LogP contribution is -2.35. The van der Waals surface area contributed by atoms with Crippen LogP contribution in [0.4, 0.5) is 10.2 Å². The van der Waals surface area contributed by atoms with Gasteiger partial charge in [0, 0.05) is 6.04 Å². The second-order valence-electron chi connectivity index (χ2n) is 6.10. The predicted molar refractivity (Wildman–Crippen MR) is 68.4 cm³/mol. The highest BCUT2D eigenvalue weighted by molar-refractivity contribution is 5.35. The van der Waals surface area contributed by atoms with Crippen LogP contribution in [-0.4, -0.2) is 11.0 Å². The Morgan fingerprint density at radius 1 is 1.35 bits per heavy atom. The van der Waals surface area contributed by atoms with Gasteiger partial charge in [-0.2, -0.15) is 4.39 Å². The number of halogens is 1. The van der Waals surface area contributed by atoms with Crippen molar-refractivity contribution in [3.8, 4) is 0 Å². The first-order valence-electron chi connectivity index (χ1n) is 6.34. The smallest absolute Gasteiger partial charge is 0.214 e. The molecule has 1 aromatic heterocycles. The number of pyridine rings is 1.